The molecule has 0 spiro atoms. The van der Waals surface area contributed by atoms with E-state index in [0.717, 1.165) is 32.2 Å². The lowest BCUT2D eigenvalue weighted by atomic mass is 9.95. The number of aliphatic hydroxyl groups is 1. The lowest BCUT2D eigenvalue weighted by Crippen LogP contribution is -2.22. The van der Waals surface area contributed by atoms with Gasteiger partial charge in [-0.25, -0.2) is 0 Å². The number of thiophene rings is 1. The van der Waals surface area contributed by atoms with Crippen molar-refractivity contribution in [1.82, 2.24) is 4.57 Å². The number of nitrogens with zero attached hydrogens (tertiary/aromatic N) is 1. The number of aromatic nitrogens is 1. The predicted molar refractivity (Wildman–Crippen MR) is 99.4 cm³/mol. The predicted octanol–water partition coefficient (Wildman–Crippen LogP) is 4.44. The first-order chi connectivity index (χ1) is 11.5. The highest BCUT2D eigenvalue weighted by atomic mass is 32.1. The van der Waals surface area contributed by atoms with E-state index in [-0.39, 0.29) is 6.10 Å². The Labute approximate surface area is 148 Å². The average molecular weight is 352 g/mol. The van der Waals surface area contributed by atoms with Gasteiger partial charge in [-0.3, -0.25) is 4.79 Å². The zero-order chi connectivity index (χ0) is 17.8. The quantitative estimate of drug-likeness (QED) is 0.702. The van der Waals surface area contributed by atoms with Crippen molar-refractivity contribution in [3.05, 3.63) is 46.9 Å². The molecule has 4 nitrogen and oxygen atoms in total. The number of aliphatic carboxylic acids is 1. The largest absolute Gasteiger partial charge is 0.481 e. The molecule has 0 aliphatic carbocycles. The van der Waals surface area contributed by atoms with Crippen molar-refractivity contribution in [3.8, 4) is 0 Å². The summed E-state index contributed by atoms with van der Waals surface area (Å²) in [6.45, 7) is 4.65. The minimum Gasteiger partial charge on any atom is -0.481 e. The first-order valence-corrected chi connectivity index (χ1v) is 9.48. The van der Waals surface area contributed by atoms with Crippen LogP contribution in [-0.4, -0.2) is 26.9 Å². The van der Waals surface area contributed by atoms with E-state index in [1.165, 1.54) is 5.56 Å². The Morgan fingerprint density at radius 3 is 2.50 bits per heavy atom. The van der Waals surface area contributed by atoms with Crippen LogP contribution in [0.15, 0.2) is 41.4 Å². The number of aryl methyl sites for hydroxylation is 1. The molecule has 2 heterocycles. The molecule has 24 heavy (non-hydrogen) atoms. The molecule has 2 atom stereocenters. The molecule has 0 aliphatic rings. The van der Waals surface area contributed by atoms with E-state index in [0.29, 0.717) is 12.3 Å². The number of carboxylic acid groups (broad SMARTS) is 1. The summed E-state index contributed by atoms with van der Waals surface area (Å²) in [6, 6.07) is 6.25. The Bertz CT molecular complexity index is 535. The van der Waals surface area contributed by atoms with Crippen molar-refractivity contribution in [2.45, 2.75) is 58.6 Å². The number of carbonyl (C=O) groups is 1. The van der Waals surface area contributed by atoms with Gasteiger partial charge in [0.15, 0.2) is 0 Å². The molecule has 0 saturated heterocycles. The van der Waals surface area contributed by atoms with Crippen molar-refractivity contribution < 1.29 is 15.0 Å². The molecular weight excluding hydrogens is 322 g/mol. The molecule has 0 fully saturated rings. The van der Waals surface area contributed by atoms with Crippen LogP contribution in [0.5, 0.6) is 0 Å². The van der Waals surface area contributed by atoms with Crippen molar-refractivity contribution in [1.29, 1.82) is 0 Å². The second-order valence-electron chi connectivity index (χ2n) is 6.05. The molecule has 0 unspecified atom stereocenters. The van der Waals surface area contributed by atoms with Crippen LogP contribution in [0.3, 0.4) is 0 Å². The van der Waals surface area contributed by atoms with E-state index in [2.05, 4.69) is 33.8 Å². The number of aliphatic hydroxyl groups excluding tert-OH is 1. The normalized spacial score (nSPS) is 13.0. The molecule has 0 bridgehead atoms. The highest BCUT2D eigenvalue weighted by Gasteiger charge is 2.15. The summed E-state index contributed by atoms with van der Waals surface area (Å²) in [7, 11) is 0. The smallest absolute Gasteiger partial charge is 0.303 e. The maximum absolute atomic E-state index is 9.86. The first-order valence-electron chi connectivity index (χ1n) is 8.54. The summed E-state index contributed by atoms with van der Waals surface area (Å²) < 4.78 is 2.15. The number of hydrogen-bond donors (Lipinski definition) is 2. The Kier molecular flexibility index (Phi) is 10.1. The van der Waals surface area contributed by atoms with E-state index in [9.17, 15) is 9.90 Å². The Balaban J connectivity index is 0.000000413. The minimum absolute atomic E-state index is 0.241. The fourth-order valence-electron chi connectivity index (χ4n) is 2.46. The van der Waals surface area contributed by atoms with Crippen molar-refractivity contribution in [2.75, 3.05) is 0 Å². The van der Waals surface area contributed by atoms with Gasteiger partial charge in [0.05, 0.1) is 6.10 Å². The lowest BCUT2D eigenvalue weighted by molar-refractivity contribution is -0.137. The fourth-order valence-corrected chi connectivity index (χ4v) is 3.17. The molecule has 5 heteroatoms. The molecular formula is C19H29NO3S. The summed E-state index contributed by atoms with van der Waals surface area (Å²) in [5.41, 5.74) is 1.42. The van der Waals surface area contributed by atoms with Crippen molar-refractivity contribution in [2.24, 2.45) is 5.92 Å². The van der Waals surface area contributed by atoms with Gasteiger partial charge in [0.2, 0.25) is 0 Å². The third-order valence-electron chi connectivity index (χ3n) is 3.88. The molecule has 0 aliphatic heterocycles. The van der Waals surface area contributed by atoms with Crippen molar-refractivity contribution in [3.63, 3.8) is 0 Å². The average Bonchev–Trinajstić information content (AvgIpc) is 3.19. The third-order valence-corrected chi connectivity index (χ3v) is 4.61. The summed E-state index contributed by atoms with van der Waals surface area (Å²) in [6.07, 6.45) is 8.25. The van der Waals surface area contributed by atoms with Crippen LogP contribution in [0, 0.1) is 5.92 Å². The van der Waals surface area contributed by atoms with Gasteiger partial charge in [0.1, 0.15) is 0 Å². The standard InChI is InChI=1S/C15H21NOS.C4H8O2/c1-13(17)15(11-16-8-2-3-9-16)6-4-5-14-7-10-18-12-14;1-2-3-4(5)6/h2-3,7-10,12-13,15,17H,4-6,11H2,1H3;2-3H2,1H3,(H,5,6)/t13-,15+;/m1./s1. The molecule has 0 radical (unpaired) electrons. The summed E-state index contributed by atoms with van der Waals surface area (Å²) in [5.74, 6) is -0.367. The van der Waals surface area contributed by atoms with E-state index < -0.39 is 5.97 Å². The van der Waals surface area contributed by atoms with E-state index >= 15 is 0 Å². The van der Waals surface area contributed by atoms with Gasteiger partial charge in [-0.05, 0) is 67.1 Å². The Morgan fingerprint density at radius 2 is 2.04 bits per heavy atom. The van der Waals surface area contributed by atoms with Gasteiger partial charge in [-0.15, -0.1) is 0 Å². The lowest BCUT2D eigenvalue weighted by Gasteiger charge is -2.20. The van der Waals surface area contributed by atoms with Gasteiger partial charge in [0, 0.05) is 31.3 Å². The maximum atomic E-state index is 9.86. The molecule has 0 saturated carbocycles. The van der Waals surface area contributed by atoms with Crippen molar-refractivity contribution >= 4 is 17.3 Å². The van der Waals surface area contributed by atoms with Gasteiger partial charge in [0.25, 0.3) is 0 Å². The minimum atomic E-state index is -0.711. The van der Waals surface area contributed by atoms with Gasteiger partial charge < -0.3 is 14.8 Å². The summed E-state index contributed by atoms with van der Waals surface area (Å²) >= 11 is 1.76. The number of carboxylic acids is 1. The molecule has 0 aromatic carbocycles. The zero-order valence-corrected chi connectivity index (χ0v) is 15.4. The highest BCUT2D eigenvalue weighted by Crippen LogP contribution is 2.17. The maximum Gasteiger partial charge on any atom is 0.303 e. The summed E-state index contributed by atoms with van der Waals surface area (Å²) in [4.78, 5) is 9.60. The second kappa shape index (κ2) is 11.9. The first kappa shape index (κ1) is 20.5. The monoisotopic (exact) mass is 351 g/mol. The van der Waals surface area contributed by atoms with Crippen LogP contribution in [0.4, 0.5) is 0 Å². The fraction of sp³-hybridized carbons (Fsp3) is 0.526. The molecule has 2 aromatic rings. The molecule has 2 N–H and O–H groups in total. The molecule has 2 rings (SSSR count). The molecule has 0 amide bonds. The van der Waals surface area contributed by atoms with Gasteiger partial charge in [-0.1, -0.05) is 6.92 Å². The molecule has 134 valence electrons. The summed E-state index contributed by atoms with van der Waals surface area (Å²) in [5, 5.41) is 22.1. The third kappa shape index (κ3) is 8.89. The topological polar surface area (TPSA) is 62.5 Å². The number of rotatable bonds is 9. The molecule has 2 aromatic heterocycles. The van der Waals surface area contributed by atoms with E-state index in [1.807, 2.05) is 26.0 Å². The zero-order valence-electron chi connectivity index (χ0n) is 14.6. The van der Waals surface area contributed by atoms with E-state index in [4.69, 9.17) is 5.11 Å². The highest BCUT2D eigenvalue weighted by molar-refractivity contribution is 7.07. The Hall–Kier alpha value is -1.59. The second-order valence-corrected chi connectivity index (χ2v) is 6.83. The SMILES string of the molecule is CCCC(=O)O.C[C@@H](O)[C@@H](CCCc1ccsc1)Cn1cccc1. The van der Waals surface area contributed by atoms with Crippen LogP contribution in [0.2, 0.25) is 0 Å². The van der Waals surface area contributed by atoms with E-state index in [1.54, 1.807) is 11.3 Å². The van der Waals surface area contributed by atoms with Crippen LogP contribution >= 0.6 is 11.3 Å². The number of hydrogen-bond acceptors (Lipinski definition) is 3. The van der Waals surface area contributed by atoms with Crippen LogP contribution < -0.4 is 0 Å². The Morgan fingerprint density at radius 1 is 1.33 bits per heavy atom. The van der Waals surface area contributed by atoms with Gasteiger partial charge in [-0.2, -0.15) is 11.3 Å². The van der Waals surface area contributed by atoms with Crippen LogP contribution in [0.25, 0.3) is 0 Å². The van der Waals surface area contributed by atoms with Gasteiger partial charge >= 0.3 is 5.97 Å². The van der Waals surface area contributed by atoms with Crippen LogP contribution in [-0.2, 0) is 17.8 Å². The van der Waals surface area contributed by atoms with Crippen LogP contribution in [0.1, 0.15) is 45.1 Å².